The minimum Gasteiger partial charge on any atom is -0.482 e. The van der Waals surface area contributed by atoms with Crippen LogP contribution in [-0.2, 0) is 12.1 Å². The Morgan fingerprint density at radius 3 is 2.76 bits per heavy atom. The summed E-state index contributed by atoms with van der Waals surface area (Å²) in [6.07, 6.45) is 3.96. The molecule has 1 aromatic carbocycles. The van der Waals surface area contributed by atoms with E-state index in [0.717, 1.165) is 25.7 Å². The van der Waals surface area contributed by atoms with Gasteiger partial charge in [0.05, 0.1) is 10.6 Å². The van der Waals surface area contributed by atoms with Crippen molar-refractivity contribution in [2.24, 2.45) is 5.73 Å². The molecular weight excluding hydrogens is 313 g/mol. The molecule has 0 amide bonds. The fourth-order valence-electron chi connectivity index (χ4n) is 2.48. The summed E-state index contributed by atoms with van der Waals surface area (Å²) in [4.78, 5) is 4.33. The maximum Gasteiger partial charge on any atom is 0.264 e. The third-order valence-corrected chi connectivity index (χ3v) is 4.18. The zero-order valence-corrected chi connectivity index (χ0v) is 12.8. The lowest BCUT2D eigenvalue weighted by Gasteiger charge is -2.17. The minimum atomic E-state index is -0.459. The number of hydrogen-bond donors (Lipinski definition) is 1. The Hall–Kier alpha value is -1.30. The molecule has 1 aliphatic rings. The summed E-state index contributed by atoms with van der Waals surface area (Å²) < 4.78 is 10.8. The lowest BCUT2D eigenvalue weighted by Crippen LogP contribution is -2.34. The first-order valence-corrected chi connectivity index (χ1v) is 7.52. The monoisotopic (exact) mass is 327 g/mol. The molecule has 0 unspecified atom stereocenters. The number of nitrogens with two attached hydrogens (primary N) is 1. The molecule has 21 heavy (non-hydrogen) atoms. The minimum absolute atomic E-state index is 0.143. The van der Waals surface area contributed by atoms with Crippen molar-refractivity contribution < 1.29 is 9.26 Å². The molecule has 1 fully saturated rings. The van der Waals surface area contributed by atoms with Crippen LogP contribution in [0.4, 0.5) is 0 Å². The van der Waals surface area contributed by atoms with Gasteiger partial charge < -0.3 is 15.0 Å². The molecule has 112 valence electrons. The van der Waals surface area contributed by atoms with E-state index in [1.807, 2.05) is 0 Å². The van der Waals surface area contributed by atoms with Crippen LogP contribution in [0, 0.1) is 0 Å². The molecule has 1 aromatic heterocycles. The highest BCUT2D eigenvalue weighted by Crippen LogP contribution is 2.34. The zero-order chi connectivity index (χ0) is 14.9. The van der Waals surface area contributed by atoms with Gasteiger partial charge >= 0.3 is 0 Å². The number of aromatic nitrogens is 2. The van der Waals surface area contributed by atoms with Crippen molar-refractivity contribution in [3.05, 3.63) is 40.0 Å². The van der Waals surface area contributed by atoms with Crippen molar-refractivity contribution in [1.82, 2.24) is 10.1 Å². The number of hydrogen-bond acceptors (Lipinski definition) is 5. The summed E-state index contributed by atoms with van der Waals surface area (Å²) in [6, 6.07) is 5.02. The quantitative estimate of drug-likeness (QED) is 0.926. The van der Waals surface area contributed by atoms with Gasteiger partial charge in [0.15, 0.2) is 12.4 Å². The molecule has 0 aliphatic heterocycles. The van der Waals surface area contributed by atoms with Gasteiger partial charge in [0.25, 0.3) is 5.89 Å². The van der Waals surface area contributed by atoms with Crippen LogP contribution >= 0.6 is 23.2 Å². The molecule has 7 heteroatoms. The smallest absolute Gasteiger partial charge is 0.264 e. The Morgan fingerprint density at radius 1 is 1.29 bits per heavy atom. The van der Waals surface area contributed by atoms with E-state index in [2.05, 4.69) is 10.1 Å². The van der Waals surface area contributed by atoms with Gasteiger partial charge in [-0.05, 0) is 31.0 Å². The van der Waals surface area contributed by atoms with E-state index >= 15 is 0 Å². The number of nitrogens with zero attached hydrogens (tertiary/aromatic N) is 2. The van der Waals surface area contributed by atoms with Crippen LogP contribution < -0.4 is 10.5 Å². The molecule has 3 rings (SSSR count). The average Bonchev–Trinajstić information content (AvgIpc) is 3.08. The second-order valence-corrected chi connectivity index (χ2v) is 6.08. The molecule has 0 bridgehead atoms. The van der Waals surface area contributed by atoms with Crippen molar-refractivity contribution in [3.63, 3.8) is 0 Å². The molecule has 1 heterocycles. The molecule has 2 aromatic rings. The van der Waals surface area contributed by atoms with Crippen molar-refractivity contribution >= 4 is 23.2 Å². The van der Waals surface area contributed by atoms with Gasteiger partial charge in [-0.1, -0.05) is 41.2 Å². The van der Waals surface area contributed by atoms with E-state index in [9.17, 15) is 0 Å². The van der Waals surface area contributed by atoms with E-state index in [1.165, 1.54) is 0 Å². The SMILES string of the molecule is NC1(c2noc(COc3ccc(Cl)cc3Cl)n2)CCCC1. The van der Waals surface area contributed by atoms with E-state index in [-0.39, 0.29) is 6.61 Å². The van der Waals surface area contributed by atoms with E-state index in [0.29, 0.717) is 27.5 Å². The van der Waals surface area contributed by atoms with Crippen molar-refractivity contribution in [2.45, 2.75) is 37.8 Å². The normalized spacial score (nSPS) is 17.1. The van der Waals surface area contributed by atoms with Gasteiger partial charge in [-0.15, -0.1) is 0 Å². The fraction of sp³-hybridized carbons (Fsp3) is 0.429. The topological polar surface area (TPSA) is 74.2 Å². The maximum absolute atomic E-state index is 6.28. The summed E-state index contributed by atoms with van der Waals surface area (Å²) in [7, 11) is 0. The molecule has 0 spiro atoms. The van der Waals surface area contributed by atoms with Crippen LogP contribution in [0.5, 0.6) is 5.75 Å². The second-order valence-electron chi connectivity index (χ2n) is 5.24. The van der Waals surface area contributed by atoms with Gasteiger partial charge in [0.1, 0.15) is 5.75 Å². The Balaban J connectivity index is 1.67. The summed E-state index contributed by atoms with van der Waals surface area (Å²) in [5.41, 5.74) is 5.82. The Labute approximate surface area is 132 Å². The first kappa shape index (κ1) is 14.6. The second kappa shape index (κ2) is 5.83. The first-order valence-electron chi connectivity index (χ1n) is 6.77. The predicted molar refractivity (Wildman–Crippen MR) is 79.4 cm³/mol. The molecule has 0 atom stereocenters. The van der Waals surface area contributed by atoms with Gasteiger partial charge in [-0.3, -0.25) is 0 Å². The van der Waals surface area contributed by atoms with Crippen LogP contribution in [0.15, 0.2) is 22.7 Å². The van der Waals surface area contributed by atoms with Gasteiger partial charge in [-0.25, -0.2) is 0 Å². The van der Waals surface area contributed by atoms with E-state index in [1.54, 1.807) is 18.2 Å². The Morgan fingerprint density at radius 2 is 2.05 bits per heavy atom. The Kier molecular flexibility index (Phi) is 4.06. The number of halogens is 2. The fourth-order valence-corrected chi connectivity index (χ4v) is 2.94. The van der Waals surface area contributed by atoms with Crippen molar-refractivity contribution in [3.8, 4) is 5.75 Å². The highest BCUT2D eigenvalue weighted by atomic mass is 35.5. The molecule has 0 radical (unpaired) electrons. The molecule has 1 aliphatic carbocycles. The van der Waals surface area contributed by atoms with Crippen LogP contribution in [-0.4, -0.2) is 10.1 Å². The van der Waals surface area contributed by atoms with Crippen LogP contribution in [0.3, 0.4) is 0 Å². The summed E-state index contributed by atoms with van der Waals surface area (Å²) >= 11 is 11.9. The lowest BCUT2D eigenvalue weighted by molar-refractivity contribution is 0.241. The van der Waals surface area contributed by atoms with Crippen LogP contribution in [0.2, 0.25) is 10.0 Å². The first-order chi connectivity index (χ1) is 10.1. The van der Waals surface area contributed by atoms with Gasteiger partial charge in [0.2, 0.25) is 0 Å². The van der Waals surface area contributed by atoms with Crippen molar-refractivity contribution in [1.29, 1.82) is 0 Å². The standard InChI is InChI=1S/C14H15Cl2N3O2/c15-9-3-4-11(10(16)7-9)20-8-12-18-13(19-21-12)14(17)5-1-2-6-14/h3-4,7H,1-2,5-6,8,17H2. The van der Waals surface area contributed by atoms with Crippen LogP contribution in [0.25, 0.3) is 0 Å². The lowest BCUT2D eigenvalue weighted by atomic mass is 9.99. The van der Waals surface area contributed by atoms with Crippen LogP contribution in [0.1, 0.15) is 37.4 Å². The number of rotatable bonds is 4. The summed E-state index contributed by atoms with van der Waals surface area (Å²) in [5, 5.41) is 4.97. The zero-order valence-electron chi connectivity index (χ0n) is 11.3. The number of ether oxygens (including phenoxy) is 1. The molecule has 2 N–H and O–H groups in total. The molecule has 5 nitrogen and oxygen atoms in total. The molecular formula is C14H15Cl2N3O2. The number of benzene rings is 1. The van der Waals surface area contributed by atoms with Gasteiger partial charge in [-0.2, -0.15) is 4.98 Å². The molecule has 0 saturated heterocycles. The summed E-state index contributed by atoms with van der Waals surface area (Å²) in [6.45, 7) is 0.143. The van der Waals surface area contributed by atoms with E-state index < -0.39 is 5.54 Å². The third-order valence-electron chi connectivity index (χ3n) is 3.65. The highest BCUT2D eigenvalue weighted by molar-refractivity contribution is 6.35. The third kappa shape index (κ3) is 3.15. The summed E-state index contributed by atoms with van der Waals surface area (Å²) in [5.74, 6) is 1.46. The Bertz CT molecular complexity index is 639. The molecule has 1 saturated carbocycles. The highest BCUT2D eigenvalue weighted by Gasteiger charge is 2.35. The van der Waals surface area contributed by atoms with Gasteiger partial charge in [0, 0.05) is 5.02 Å². The maximum atomic E-state index is 6.28. The average molecular weight is 328 g/mol. The predicted octanol–water partition coefficient (Wildman–Crippen LogP) is 3.68. The van der Waals surface area contributed by atoms with Crippen molar-refractivity contribution in [2.75, 3.05) is 0 Å². The largest absolute Gasteiger partial charge is 0.482 e. The van der Waals surface area contributed by atoms with E-state index in [4.69, 9.17) is 38.2 Å².